The molecule has 1 fully saturated rings. The first-order valence-corrected chi connectivity index (χ1v) is 11.7. The van der Waals surface area contributed by atoms with Crippen LogP contribution in [0.15, 0.2) is 54.7 Å². The minimum atomic E-state index is -1.04. The van der Waals surface area contributed by atoms with Gasteiger partial charge in [-0.05, 0) is 55.1 Å². The van der Waals surface area contributed by atoms with Crippen molar-refractivity contribution in [2.75, 3.05) is 26.7 Å². The van der Waals surface area contributed by atoms with E-state index in [1.165, 1.54) is 22.4 Å². The molecule has 8 nitrogen and oxygen atoms in total. The highest BCUT2D eigenvalue weighted by Crippen LogP contribution is 2.21. The number of rotatable bonds is 8. The van der Waals surface area contributed by atoms with Gasteiger partial charge >= 0.3 is 5.97 Å². The molecular formula is C25H28ClN5O3. The monoisotopic (exact) mass is 481 g/mol. The maximum atomic E-state index is 12.9. The minimum absolute atomic E-state index is 0.121. The van der Waals surface area contributed by atoms with Crippen molar-refractivity contribution in [3.05, 3.63) is 82.1 Å². The number of carboxylic acid groups (broad SMARTS) is 1. The molecule has 2 aromatic carbocycles. The molecule has 0 atom stereocenters. The summed E-state index contributed by atoms with van der Waals surface area (Å²) in [6.45, 7) is 4.00. The summed E-state index contributed by atoms with van der Waals surface area (Å²) in [5.41, 5.74) is 2.43. The quantitative estimate of drug-likeness (QED) is 0.528. The fourth-order valence-corrected chi connectivity index (χ4v) is 4.53. The van der Waals surface area contributed by atoms with Gasteiger partial charge in [-0.3, -0.25) is 9.69 Å². The predicted octanol–water partition coefficient (Wildman–Crippen LogP) is 3.66. The number of carbonyl (C=O) groups is 2. The summed E-state index contributed by atoms with van der Waals surface area (Å²) in [7, 11) is 1.80. The molecule has 0 spiro atoms. The van der Waals surface area contributed by atoms with Crippen molar-refractivity contribution in [3.8, 4) is 0 Å². The third-order valence-electron chi connectivity index (χ3n) is 6.23. The zero-order valence-corrected chi connectivity index (χ0v) is 19.9. The smallest absolute Gasteiger partial charge is 0.335 e. The van der Waals surface area contributed by atoms with Crippen molar-refractivity contribution < 1.29 is 14.7 Å². The van der Waals surface area contributed by atoms with Gasteiger partial charge in [0.25, 0.3) is 5.91 Å². The lowest BCUT2D eigenvalue weighted by Crippen LogP contribution is -2.39. The van der Waals surface area contributed by atoms with E-state index in [1.807, 2.05) is 6.07 Å². The average molecular weight is 482 g/mol. The molecule has 0 bridgehead atoms. The van der Waals surface area contributed by atoms with Crippen molar-refractivity contribution in [1.29, 1.82) is 0 Å². The predicted molar refractivity (Wildman–Crippen MR) is 129 cm³/mol. The molecule has 0 aliphatic carbocycles. The van der Waals surface area contributed by atoms with Gasteiger partial charge in [-0.1, -0.05) is 53.2 Å². The van der Waals surface area contributed by atoms with Crippen LogP contribution in [0.3, 0.4) is 0 Å². The van der Waals surface area contributed by atoms with E-state index in [0.29, 0.717) is 29.6 Å². The average Bonchev–Trinajstić information content (AvgIpc) is 3.30. The molecule has 2 heterocycles. The standard InChI is InChI=1S/C25H28ClN5O3/c1-29(14-19-9-11-30(12-10-19)15-18-5-3-2-4-6-18)24(32)23-17-31(28-27-23)16-21-8-7-20(25(33)34)13-22(21)26/h2-8,13,17,19H,9-12,14-16H2,1H3,(H,33,34). The van der Waals surface area contributed by atoms with Gasteiger partial charge in [0.2, 0.25) is 0 Å². The molecule has 1 aliphatic rings. The molecule has 4 rings (SSSR count). The zero-order chi connectivity index (χ0) is 24.1. The molecule has 1 N–H and O–H groups in total. The van der Waals surface area contributed by atoms with E-state index >= 15 is 0 Å². The summed E-state index contributed by atoms with van der Waals surface area (Å²) >= 11 is 6.20. The summed E-state index contributed by atoms with van der Waals surface area (Å²) in [6.07, 6.45) is 3.71. The van der Waals surface area contributed by atoms with Gasteiger partial charge in [-0.2, -0.15) is 0 Å². The Morgan fingerprint density at radius 3 is 2.53 bits per heavy atom. The highest BCUT2D eigenvalue weighted by atomic mass is 35.5. The van der Waals surface area contributed by atoms with E-state index in [2.05, 4.69) is 39.5 Å². The number of aromatic carboxylic acids is 1. The number of benzene rings is 2. The maximum Gasteiger partial charge on any atom is 0.335 e. The molecule has 34 heavy (non-hydrogen) atoms. The Labute approximate surface area is 203 Å². The van der Waals surface area contributed by atoms with Crippen molar-refractivity contribution >= 4 is 23.5 Å². The molecule has 9 heteroatoms. The molecule has 1 aliphatic heterocycles. The van der Waals surface area contributed by atoms with Gasteiger partial charge in [-0.15, -0.1) is 5.10 Å². The number of hydrogen-bond donors (Lipinski definition) is 1. The number of carboxylic acids is 1. The van der Waals surface area contributed by atoms with Gasteiger partial charge < -0.3 is 10.0 Å². The maximum absolute atomic E-state index is 12.9. The topological polar surface area (TPSA) is 91.6 Å². The Morgan fingerprint density at radius 1 is 1.12 bits per heavy atom. The van der Waals surface area contributed by atoms with Crippen molar-refractivity contribution in [1.82, 2.24) is 24.8 Å². The number of carbonyl (C=O) groups excluding carboxylic acids is 1. The molecule has 0 unspecified atom stereocenters. The number of aromatic nitrogens is 3. The lowest BCUT2D eigenvalue weighted by Gasteiger charge is -2.33. The van der Waals surface area contributed by atoms with Gasteiger partial charge in [0.15, 0.2) is 5.69 Å². The van der Waals surface area contributed by atoms with E-state index < -0.39 is 5.97 Å². The van der Waals surface area contributed by atoms with Crippen LogP contribution in [0.5, 0.6) is 0 Å². The Kier molecular flexibility index (Phi) is 7.59. The fraction of sp³-hybridized carbons (Fsp3) is 0.360. The van der Waals surface area contributed by atoms with Crippen LogP contribution < -0.4 is 0 Å². The molecule has 178 valence electrons. The summed E-state index contributed by atoms with van der Waals surface area (Å²) < 4.78 is 1.53. The summed E-state index contributed by atoms with van der Waals surface area (Å²) in [5.74, 6) is -0.736. The van der Waals surface area contributed by atoms with E-state index in [0.717, 1.165) is 32.5 Å². The van der Waals surface area contributed by atoms with Crippen molar-refractivity contribution in [3.63, 3.8) is 0 Å². The second kappa shape index (κ2) is 10.8. The Balaban J connectivity index is 1.28. The van der Waals surface area contributed by atoms with Gasteiger partial charge in [0.1, 0.15) is 0 Å². The first-order chi connectivity index (χ1) is 16.4. The number of likely N-dealkylation sites (tertiary alicyclic amines) is 1. The van der Waals surface area contributed by atoms with Crippen LogP contribution in [0, 0.1) is 5.92 Å². The second-order valence-electron chi connectivity index (χ2n) is 8.80. The number of nitrogens with zero attached hydrogens (tertiary/aromatic N) is 5. The van der Waals surface area contributed by atoms with E-state index in [1.54, 1.807) is 24.2 Å². The first-order valence-electron chi connectivity index (χ1n) is 11.3. The van der Waals surface area contributed by atoms with Crippen LogP contribution in [0.2, 0.25) is 5.02 Å². The number of halogens is 1. The highest BCUT2D eigenvalue weighted by molar-refractivity contribution is 6.31. The third-order valence-corrected chi connectivity index (χ3v) is 6.58. The lowest BCUT2D eigenvalue weighted by molar-refractivity contribution is 0.0695. The van der Waals surface area contributed by atoms with Crippen LogP contribution in [-0.2, 0) is 13.1 Å². The van der Waals surface area contributed by atoms with Gasteiger partial charge in [0, 0.05) is 25.2 Å². The fourth-order valence-electron chi connectivity index (χ4n) is 4.29. The molecule has 3 aromatic rings. The Bertz CT molecular complexity index is 1140. The number of piperidine rings is 1. The summed E-state index contributed by atoms with van der Waals surface area (Å²) in [4.78, 5) is 28.1. The lowest BCUT2D eigenvalue weighted by atomic mass is 9.96. The normalized spacial score (nSPS) is 14.8. The summed E-state index contributed by atoms with van der Waals surface area (Å²) in [6, 6.07) is 15.0. The van der Waals surface area contributed by atoms with E-state index in [4.69, 9.17) is 16.7 Å². The summed E-state index contributed by atoms with van der Waals surface area (Å²) in [5, 5.41) is 17.5. The zero-order valence-electron chi connectivity index (χ0n) is 19.1. The van der Waals surface area contributed by atoms with Gasteiger partial charge in [0.05, 0.1) is 18.3 Å². The second-order valence-corrected chi connectivity index (χ2v) is 9.21. The molecule has 1 amide bonds. The van der Waals surface area contributed by atoms with Gasteiger partial charge in [-0.25, -0.2) is 9.48 Å². The van der Waals surface area contributed by atoms with E-state index in [9.17, 15) is 9.59 Å². The largest absolute Gasteiger partial charge is 0.478 e. The van der Waals surface area contributed by atoms with E-state index in [-0.39, 0.29) is 17.2 Å². The van der Waals surface area contributed by atoms with Crippen molar-refractivity contribution in [2.45, 2.75) is 25.9 Å². The SMILES string of the molecule is CN(CC1CCN(Cc2ccccc2)CC1)C(=O)c1cn(Cc2ccc(C(=O)O)cc2Cl)nn1. The first kappa shape index (κ1) is 23.9. The van der Waals surface area contributed by atoms with Crippen LogP contribution in [0.1, 0.15) is 44.8 Å². The highest BCUT2D eigenvalue weighted by Gasteiger charge is 2.24. The molecule has 1 aromatic heterocycles. The van der Waals surface area contributed by atoms with Crippen molar-refractivity contribution in [2.24, 2.45) is 5.92 Å². The molecular weight excluding hydrogens is 454 g/mol. The third kappa shape index (κ3) is 6.01. The number of hydrogen-bond acceptors (Lipinski definition) is 5. The Hall–Kier alpha value is -3.23. The van der Waals surface area contributed by atoms with Crippen LogP contribution in [-0.4, -0.2) is 68.5 Å². The minimum Gasteiger partial charge on any atom is -0.478 e. The van der Waals surface area contributed by atoms with Crippen LogP contribution in [0.4, 0.5) is 0 Å². The van der Waals surface area contributed by atoms with Crippen LogP contribution >= 0.6 is 11.6 Å². The number of amides is 1. The Morgan fingerprint density at radius 2 is 1.85 bits per heavy atom. The molecule has 0 radical (unpaired) electrons. The van der Waals surface area contributed by atoms with Crippen LogP contribution in [0.25, 0.3) is 0 Å². The molecule has 0 saturated carbocycles. The molecule has 1 saturated heterocycles.